The van der Waals surface area contributed by atoms with Crippen LogP contribution in [0.5, 0.6) is 5.75 Å². The summed E-state index contributed by atoms with van der Waals surface area (Å²) < 4.78 is 44.2. The highest BCUT2D eigenvalue weighted by atomic mass is 32.1. The number of carbonyl (C=O) groups is 1. The molecule has 1 N–H and O–H groups in total. The molecule has 1 aromatic heterocycles. The first kappa shape index (κ1) is 20.9. The number of thiazole rings is 1. The van der Waals surface area contributed by atoms with Crippen LogP contribution in [0.3, 0.4) is 0 Å². The Labute approximate surface area is 170 Å². The van der Waals surface area contributed by atoms with Crippen molar-refractivity contribution in [2.24, 2.45) is 0 Å². The number of alkyl halides is 3. The summed E-state index contributed by atoms with van der Waals surface area (Å²) >= 11 is 1.24. The molecular weight excluding hydrogens is 401 g/mol. The molecule has 1 heterocycles. The normalized spacial score (nSPS) is 11.3. The van der Waals surface area contributed by atoms with Crippen LogP contribution >= 0.6 is 11.3 Å². The Morgan fingerprint density at radius 1 is 1.14 bits per heavy atom. The largest absolute Gasteiger partial charge is 0.483 e. The third kappa shape index (κ3) is 5.57. The monoisotopic (exact) mass is 420 g/mol. The van der Waals surface area contributed by atoms with Crippen molar-refractivity contribution >= 4 is 22.4 Å². The van der Waals surface area contributed by atoms with E-state index in [-0.39, 0.29) is 12.5 Å². The van der Waals surface area contributed by atoms with Gasteiger partial charge in [0.1, 0.15) is 5.75 Å². The lowest BCUT2D eigenvalue weighted by Gasteiger charge is -2.08. The molecule has 0 saturated carbocycles. The van der Waals surface area contributed by atoms with Gasteiger partial charge in [-0.25, -0.2) is 4.98 Å². The van der Waals surface area contributed by atoms with Crippen LogP contribution in [0.15, 0.2) is 48.5 Å². The van der Waals surface area contributed by atoms with E-state index in [4.69, 9.17) is 4.74 Å². The van der Waals surface area contributed by atoms with Crippen molar-refractivity contribution in [1.29, 1.82) is 0 Å². The lowest BCUT2D eigenvalue weighted by Crippen LogP contribution is -2.20. The van der Waals surface area contributed by atoms with Gasteiger partial charge in [-0.2, -0.15) is 13.2 Å². The maximum Gasteiger partial charge on any atom is 0.416 e. The van der Waals surface area contributed by atoms with E-state index in [2.05, 4.69) is 10.3 Å². The second kappa shape index (κ2) is 8.65. The molecule has 3 aromatic rings. The second-order valence-corrected chi connectivity index (χ2v) is 7.59. The molecule has 0 spiro atoms. The number of amides is 1. The maximum absolute atomic E-state index is 12.9. The number of ether oxygens (including phenoxy) is 1. The Kier molecular flexibility index (Phi) is 6.22. The van der Waals surface area contributed by atoms with Crippen LogP contribution in [0.25, 0.3) is 0 Å². The Morgan fingerprint density at radius 3 is 2.62 bits per heavy atom. The minimum atomic E-state index is -4.38. The summed E-state index contributed by atoms with van der Waals surface area (Å²) in [5.74, 6) is 0.274. The van der Waals surface area contributed by atoms with Crippen molar-refractivity contribution in [3.63, 3.8) is 0 Å². The molecule has 0 aliphatic carbocycles. The first-order chi connectivity index (χ1) is 13.7. The van der Waals surface area contributed by atoms with Crippen LogP contribution in [0.1, 0.15) is 27.3 Å². The van der Waals surface area contributed by atoms with Crippen molar-refractivity contribution in [2.75, 3.05) is 11.9 Å². The van der Waals surface area contributed by atoms with E-state index in [0.717, 1.165) is 22.6 Å². The summed E-state index contributed by atoms with van der Waals surface area (Å²) in [5.41, 5.74) is 1.45. The molecule has 0 aliphatic heterocycles. The second-order valence-electron chi connectivity index (χ2n) is 6.50. The van der Waals surface area contributed by atoms with Gasteiger partial charge in [-0.15, -0.1) is 11.3 Å². The van der Waals surface area contributed by atoms with Crippen molar-refractivity contribution in [3.8, 4) is 5.75 Å². The molecule has 0 fully saturated rings. The molecule has 8 heteroatoms. The standard InChI is InChI=1S/C21H19F3N2O2S/c1-13-6-3-4-9-17(13)28-12-19(27)26-20-25-14(2)18(29-20)11-15-7-5-8-16(10-15)21(22,23)24/h3-10H,11-12H2,1-2H3,(H,25,26,27). The fourth-order valence-corrected chi connectivity index (χ4v) is 3.72. The summed E-state index contributed by atoms with van der Waals surface area (Å²) in [7, 11) is 0. The maximum atomic E-state index is 12.9. The Hall–Kier alpha value is -2.87. The van der Waals surface area contributed by atoms with E-state index in [1.165, 1.54) is 17.4 Å². The highest BCUT2D eigenvalue weighted by Crippen LogP contribution is 2.31. The molecule has 0 saturated heterocycles. The predicted molar refractivity (Wildman–Crippen MR) is 106 cm³/mol. The van der Waals surface area contributed by atoms with Gasteiger partial charge < -0.3 is 4.74 Å². The molecule has 0 aliphatic rings. The molecule has 0 radical (unpaired) electrons. The minimum Gasteiger partial charge on any atom is -0.483 e. The number of halogens is 3. The number of aryl methyl sites for hydroxylation is 2. The first-order valence-corrected chi connectivity index (χ1v) is 9.65. The summed E-state index contributed by atoms with van der Waals surface area (Å²) in [6.45, 7) is 3.49. The third-order valence-electron chi connectivity index (χ3n) is 4.21. The number of nitrogens with one attached hydrogen (secondary N) is 1. The average molecular weight is 420 g/mol. The zero-order valence-electron chi connectivity index (χ0n) is 15.8. The lowest BCUT2D eigenvalue weighted by molar-refractivity contribution is -0.137. The van der Waals surface area contributed by atoms with Crippen LogP contribution in [0.4, 0.5) is 18.3 Å². The zero-order chi connectivity index (χ0) is 21.0. The molecule has 0 atom stereocenters. The topological polar surface area (TPSA) is 51.2 Å². The SMILES string of the molecule is Cc1ccccc1OCC(=O)Nc1nc(C)c(Cc2cccc(C(F)(F)F)c2)s1. The van der Waals surface area contributed by atoms with Gasteiger partial charge in [0, 0.05) is 11.3 Å². The van der Waals surface area contributed by atoms with Crippen LogP contribution < -0.4 is 10.1 Å². The number of carbonyl (C=O) groups excluding carboxylic acids is 1. The molecule has 29 heavy (non-hydrogen) atoms. The van der Waals surface area contributed by atoms with Crippen molar-refractivity contribution in [1.82, 2.24) is 4.98 Å². The van der Waals surface area contributed by atoms with Crippen LogP contribution in [0.2, 0.25) is 0 Å². The van der Waals surface area contributed by atoms with Crippen molar-refractivity contribution < 1.29 is 22.7 Å². The molecule has 2 aromatic carbocycles. The van der Waals surface area contributed by atoms with Crippen molar-refractivity contribution in [3.05, 3.63) is 75.8 Å². The third-order valence-corrected chi connectivity index (χ3v) is 5.28. The number of hydrogen-bond donors (Lipinski definition) is 1. The number of rotatable bonds is 6. The molecule has 152 valence electrons. The summed E-state index contributed by atoms with van der Waals surface area (Å²) in [4.78, 5) is 17.2. The fraction of sp³-hybridized carbons (Fsp3) is 0.238. The number of hydrogen-bond acceptors (Lipinski definition) is 4. The summed E-state index contributed by atoms with van der Waals surface area (Å²) in [6.07, 6.45) is -4.07. The summed E-state index contributed by atoms with van der Waals surface area (Å²) in [6, 6.07) is 12.6. The van der Waals surface area contributed by atoms with E-state index < -0.39 is 11.7 Å². The van der Waals surface area contributed by atoms with Gasteiger partial charge in [0.05, 0.1) is 11.3 Å². The van der Waals surface area contributed by atoms with Gasteiger partial charge in [-0.3, -0.25) is 10.1 Å². The van der Waals surface area contributed by atoms with Crippen LogP contribution in [-0.4, -0.2) is 17.5 Å². The lowest BCUT2D eigenvalue weighted by atomic mass is 10.1. The van der Waals surface area contributed by atoms with Gasteiger partial charge in [0.2, 0.25) is 0 Å². The zero-order valence-corrected chi connectivity index (χ0v) is 16.7. The van der Waals surface area contributed by atoms with Gasteiger partial charge in [-0.1, -0.05) is 36.4 Å². The smallest absolute Gasteiger partial charge is 0.416 e. The van der Waals surface area contributed by atoms with E-state index in [0.29, 0.717) is 28.6 Å². The number of para-hydroxylation sites is 1. The van der Waals surface area contributed by atoms with E-state index in [9.17, 15) is 18.0 Å². The Balaban J connectivity index is 1.63. The average Bonchev–Trinajstić information content (AvgIpc) is 2.99. The molecule has 3 rings (SSSR count). The van der Waals surface area contributed by atoms with Crippen LogP contribution in [0, 0.1) is 13.8 Å². The first-order valence-electron chi connectivity index (χ1n) is 8.83. The number of aromatic nitrogens is 1. The van der Waals surface area contributed by atoms with E-state index >= 15 is 0 Å². The van der Waals surface area contributed by atoms with Crippen molar-refractivity contribution in [2.45, 2.75) is 26.4 Å². The number of benzene rings is 2. The molecule has 4 nitrogen and oxygen atoms in total. The fourth-order valence-electron chi connectivity index (χ4n) is 2.71. The Morgan fingerprint density at radius 2 is 1.90 bits per heavy atom. The molecule has 1 amide bonds. The quantitative estimate of drug-likeness (QED) is 0.582. The van der Waals surface area contributed by atoms with Gasteiger partial charge in [-0.05, 0) is 37.1 Å². The number of nitrogens with zero attached hydrogens (tertiary/aromatic N) is 1. The highest BCUT2D eigenvalue weighted by molar-refractivity contribution is 7.15. The van der Waals surface area contributed by atoms with Crippen LogP contribution in [-0.2, 0) is 17.4 Å². The highest BCUT2D eigenvalue weighted by Gasteiger charge is 2.30. The van der Waals surface area contributed by atoms with Gasteiger partial charge in [0.25, 0.3) is 5.91 Å². The van der Waals surface area contributed by atoms with E-state index in [1.54, 1.807) is 19.1 Å². The molecule has 0 bridgehead atoms. The van der Waals surface area contributed by atoms with Gasteiger partial charge in [0.15, 0.2) is 11.7 Å². The summed E-state index contributed by atoms with van der Waals surface area (Å²) in [5, 5.41) is 3.07. The predicted octanol–water partition coefficient (Wildman–Crippen LogP) is 5.39. The number of anilines is 1. The minimum absolute atomic E-state index is 0.160. The van der Waals surface area contributed by atoms with E-state index in [1.807, 2.05) is 25.1 Å². The van der Waals surface area contributed by atoms with Gasteiger partial charge >= 0.3 is 6.18 Å². The molecular formula is C21H19F3N2O2S. The Bertz CT molecular complexity index is 1020. The molecule has 0 unspecified atom stereocenters.